The number of H-pyrrole nitrogens is 1. The third kappa shape index (κ3) is 6.26. The first-order valence-corrected chi connectivity index (χ1v) is 11.2. The van der Waals surface area contributed by atoms with E-state index in [9.17, 15) is 14.4 Å². The number of hydrogen-bond acceptors (Lipinski definition) is 5. The van der Waals surface area contributed by atoms with Gasteiger partial charge in [-0.05, 0) is 41.7 Å². The molecule has 1 heterocycles. The molecule has 0 amide bonds. The summed E-state index contributed by atoms with van der Waals surface area (Å²) >= 11 is 5.97. The number of hydrogen-bond donors (Lipinski definition) is 2. The van der Waals surface area contributed by atoms with Crippen molar-refractivity contribution < 1.29 is 14.6 Å². The van der Waals surface area contributed by atoms with Gasteiger partial charge in [-0.2, -0.15) is 0 Å². The van der Waals surface area contributed by atoms with Crippen LogP contribution in [0.2, 0.25) is 5.02 Å². The van der Waals surface area contributed by atoms with Crippen LogP contribution in [0.25, 0.3) is 0 Å². The van der Waals surface area contributed by atoms with Gasteiger partial charge in [0.2, 0.25) is 5.62 Å². The number of aromatic nitrogens is 3. The van der Waals surface area contributed by atoms with E-state index in [1.807, 2.05) is 6.07 Å². The van der Waals surface area contributed by atoms with Crippen molar-refractivity contribution >= 4 is 23.3 Å². The van der Waals surface area contributed by atoms with Gasteiger partial charge in [0.1, 0.15) is 5.75 Å². The van der Waals surface area contributed by atoms with Crippen LogP contribution in [0.15, 0.2) is 57.0 Å². The Morgan fingerprint density at radius 2 is 1.85 bits per heavy atom. The van der Waals surface area contributed by atoms with Crippen LogP contribution in [0, 0.1) is 5.92 Å². The summed E-state index contributed by atoms with van der Waals surface area (Å²) in [7, 11) is 1.58. The Balaban J connectivity index is 2.16. The van der Waals surface area contributed by atoms with Gasteiger partial charge in [-0.25, -0.2) is 19.1 Å². The zero-order chi connectivity index (χ0) is 24.8. The maximum absolute atomic E-state index is 13.2. The second kappa shape index (κ2) is 11.0. The fourth-order valence-electron chi connectivity index (χ4n) is 3.50. The van der Waals surface area contributed by atoms with Gasteiger partial charge >= 0.3 is 17.3 Å². The van der Waals surface area contributed by atoms with Crippen LogP contribution in [0.3, 0.4) is 0 Å². The third-order valence-electron chi connectivity index (χ3n) is 5.12. The molecule has 34 heavy (non-hydrogen) atoms. The molecule has 0 unspecified atom stereocenters. The Morgan fingerprint density at radius 1 is 1.15 bits per heavy atom. The van der Waals surface area contributed by atoms with E-state index >= 15 is 0 Å². The highest BCUT2D eigenvalue weighted by atomic mass is 35.5. The van der Waals surface area contributed by atoms with Crippen molar-refractivity contribution in [1.29, 1.82) is 0 Å². The summed E-state index contributed by atoms with van der Waals surface area (Å²) in [4.78, 5) is 43.9. The van der Waals surface area contributed by atoms with Gasteiger partial charge in [0.05, 0.1) is 25.8 Å². The van der Waals surface area contributed by atoms with Gasteiger partial charge in [-0.3, -0.25) is 14.3 Å². The van der Waals surface area contributed by atoms with Crippen LogP contribution in [0.5, 0.6) is 5.75 Å². The minimum atomic E-state index is -1.11. The molecule has 0 saturated heterocycles. The summed E-state index contributed by atoms with van der Waals surface area (Å²) in [6.07, 6.45) is 0.464. The minimum Gasteiger partial charge on any atom is -0.496 e. The van der Waals surface area contributed by atoms with Gasteiger partial charge < -0.3 is 9.84 Å². The molecule has 0 spiro atoms. The second-order valence-electron chi connectivity index (χ2n) is 8.25. The molecule has 0 fully saturated rings. The van der Waals surface area contributed by atoms with E-state index in [2.05, 4.69) is 23.8 Å². The third-order valence-corrected chi connectivity index (χ3v) is 5.37. The lowest BCUT2D eigenvalue weighted by atomic mass is 10.0. The molecule has 180 valence electrons. The van der Waals surface area contributed by atoms with Crippen molar-refractivity contribution in [3.05, 3.63) is 85.2 Å². The van der Waals surface area contributed by atoms with Crippen molar-refractivity contribution in [2.24, 2.45) is 10.9 Å². The number of carbonyl (C=O) groups is 1. The fourth-order valence-corrected chi connectivity index (χ4v) is 3.62. The average Bonchev–Trinajstić information content (AvgIpc) is 2.78. The lowest BCUT2D eigenvalue weighted by molar-refractivity contribution is -0.137. The summed E-state index contributed by atoms with van der Waals surface area (Å²) in [5.41, 5.74) is 0.915. The van der Waals surface area contributed by atoms with E-state index in [1.165, 1.54) is 4.57 Å². The van der Waals surface area contributed by atoms with Crippen molar-refractivity contribution in [2.75, 3.05) is 7.11 Å². The molecule has 3 rings (SSSR count). The highest BCUT2D eigenvalue weighted by Crippen LogP contribution is 2.26. The topological polar surface area (TPSA) is 119 Å². The first-order valence-electron chi connectivity index (χ1n) is 10.8. The quantitative estimate of drug-likeness (QED) is 0.482. The molecule has 0 atom stereocenters. The second-order valence-corrected chi connectivity index (χ2v) is 8.69. The first kappa shape index (κ1) is 25.0. The van der Waals surface area contributed by atoms with Crippen molar-refractivity contribution in [3.63, 3.8) is 0 Å². The molecule has 9 nitrogen and oxygen atoms in total. The zero-order valence-electron chi connectivity index (χ0n) is 19.2. The monoisotopic (exact) mass is 486 g/mol. The number of rotatable bonds is 9. The summed E-state index contributed by atoms with van der Waals surface area (Å²) in [6.45, 7) is 4.06. The Hall–Kier alpha value is -3.59. The van der Waals surface area contributed by atoms with Gasteiger partial charge in [-0.1, -0.05) is 43.6 Å². The van der Waals surface area contributed by atoms with Crippen LogP contribution >= 0.6 is 11.6 Å². The number of benzene rings is 2. The van der Waals surface area contributed by atoms with E-state index in [0.717, 1.165) is 22.1 Å². The van der Waals surface area contributed by atoms with Crippen LogP contribution in [-0.2, 0) is 24.3 Å². The molecule has 10 heteroatoms. The number of nitrogens with one attached hydrogen (secondary N) is 1. The molecule has 0 aliphatic heterocycles. The highest BCUT2D eigenvalue weighted by Gasteiger charge is 2.12. The Labute approximate surface area is 200 Å². The lowest BCUT2D eigenvalue weighted by Gasteiger charge is -2.12. The predicted octanol–water partition coefficient (Wildman–Crippen LogP) is 2.95. The van der Waals surface area contributed by atoms with E-state index < -0.39 is 17.3 Å². The zero-order valence-corrected chi connectivity index (χ0v) is 20.0. The number of nitrogens with zero attached hydrogens (tertiary/aromatic N) is 3. The largest absolute Gasteiger partial charge is 0.496 e. The smallest absolute Gasteiger partial charge is 0.335 e. The van der Waals surface area contributed by atoms with E-state index in [0.29, 0.717) is 22.4 Å². The minimum absolute atomic E-state index is 0.0372. The van der Waals surface area contributed by atoms with Crippen LogP contribution in [0.1, 0.15) is 31.4 Å². The molecule has 0 bridgehead atoms. The molecule has 1 aromatic heterocycles. The Kier molecular flexibility index (Phi) is 8.12. The summed E-state index contributed by atoms with van der Waals surface area (Å²) in [5, 5.41) is 9.53. The van der Waals surface area contributed by atoms with Crippen LogP contribution < -0.4 is 21.7 Å². The van der Waals surface area contributed by atoms with E-state index in [-0.39, 0.29) is 25.1 Å². The Bertz CT molecular complexity index is 1350. The fraction of sp³-hybridized carbons (Fsp3) is 0.333. The van der Waals surface area contributed by atoms with E-state index in [1.54, 1.807) is 43.5 Å². The molecule has 0 aliphatic rings. The summed E-state index contributed by atoms with van der Waals surface area (Å²) in [5.74, 6) is -0.0118. The normalized spacial score (nSPS) is 11.7. The van der Waals surface area contributed by atoms with Gasteiger partial charge in [-0.15, -0.1) is 0 Å². The van der Waals surface area contributed by atoms with Crippen molar-refractivity contribution in [3.8, 4) is 5.75 Å². The number of halogens is 1. The van der Waals surface area contributed by atoms with Gasteiger partial charge in [0, 0.05) is 17.6 Å². The maximum Gasteiger partial charge on any atom is 0.335 e. The summed E-state index contributed by atoms with van der Waals surface area (Å²) in [6, 6.07) is 12.4. The molecule has 2 aromatic carbocycles. The number of aromatic amines is 1. The highest BCUT2D eigenvalue weighted by molar-refractivity contribution is 6.30. The lowest BCUT2D eigenvalue weighted by Crippen LogP contribution is -2.50. The maximum atomic E-state index is 13.2. The standard InChI is InChI=1S/C24H27ClN4O5/c1-15(2)12-17-6-9-19(13-20(17)34-3)26-22-27-23(32)28(11-10-21(30)31)24(33)29(22)14-16-4-7-18(25)8-5-16/h4-9,13,15H,10-12,14H2,1-3H3,(H,30,31)(H,26,27,32). The number of ether oxygens (including phenoxy) is 1. The van der Waals surface area contributed by atoms with Crippen LogP contribution in [-0.4, -0.2) is 32.3 Å². The molecular weight excluding hydrogens is 460 g/mol. The number of carboxylic acid groups (broad SMARTS) is 1. The molecule has 2 N–H and O–H groups in total. The molecule has 3 aromatic rings. The molecule has 0 radical (unpaired) electrons. The molecule has 0 aliphatic carbocycles. The number of methoxy groups -OCH3 is 1. The molecule has 0 saturated carbocycles. The van der Waals surface area contributed by atoms with E-state index in [4.69, 9.17) is 21.4 Å². The molecular formula is C24H27ClN4O5. The SMILES string of the molecule is COc1cc(/N=c2\[nH]c(=O)n(CCC(=O)O)c(=O)n2Cc2ccc(Cl)cc2)ccc1CC(C)C. The Morgan fingerprint density at radius 3 is 2.47 bits per heavy atom. The predicted molar refractivity (Wildman–Crippen MR) is 129 cm³/mol. The number of aliphatic carboxylic acids is 1. The number of carboxylic acids is 1. The average molecular weight is 487 g/mol. The van der Waals surface area contributed by atoms with Crippen LogP contribution in [0.4, 0.5) is 5.69 Å². The van der Waals surface area contributed by atoms with Crippen molar-refractivity contribution in [1.82, 2.24) is 14.1 Å². The van der Waals surface area contributed by atoms with Gasteiger partial charge in [0.15, 0.2) is 0 Å². The first-order chi connectivity index (χ1) is 16.2. The van der Waals surface area contributed by atoms with Crippen molar-refractivity contribution in [2.45, 2.75) is 39.8 Å². The van der Waals surface area contributed by atoms with Gasteiger partial charge in [0.25, 0.3) is 0 Å². The summed E-state index contributed by atoms with van der Waals surface area (Å²) < 4.78 is 7.66.